The van der Waals surface area contributed by atoms with E-state index < -0.39 is 11.7 Å². The van der Waals surface area contributed by atoms with Crippen LogP contribution in [0.1, 0.15) is 16.7 Å². The van der Waals surface area contributed by atoms with Gasteiger partial charge in [-0.25, -0.2) is 0 Å². The Kier molecular flexibility index (Phi) is 3.37. The van der Waals surface area contributed by atoms with Gasteiger partial charge in [0.15, 0.2) is 0 Å². The number of hydrogen-bond acceptors (Lipinski definition) is 1. The number of benzene rings is 2. The van der Waals surface area contributed by atoms with Crippen LogP contribution < -0.4 is 4.90 Å². The number of H-pyrrole nitrogens is 1. The molecule has 0 fully saturated rings. The third-order valence-electron chi connectivity index (χ3n) is 4.34. The first-order valence-corrected chi connectivity index (χ1v) is 7.71. The van der Waals surface area contributed by atoms with E-state index in [1.807, 2.05) is 41.3 Å². The molecule has 2 heterocycles. The zero-order valence-electron chi connectivity index (χ0n) is 12.8. The predicted octanol–water partition coefficient (Wildman–Crippen LogP) is 5.22. The van der Waals surface area contributed by atoms with Gasteiger partial charge in [-0.15, -0.1) is 0 Å². The zero-order valence-corrected chi connectivity index (χ0v) is 12.8. The summed E-state index contributed by atoms with van der Waals surface area (Å²) in [5.41, 5.74) is 1.73. The molecule has 3 aromatic rings. The first kappa shape index (κ1) is 14.9. The van der Waals surface area contributed by atoms with Crippen LogP contribution in [0.2, 0.25) is 0 Å². The number of nitrogens with one attached hydrogen (secondary N) is 1. The Hall–Kier alpha value is -2.69. The van der Waals surface area contributed by atoms with E-state index in [1.54, 1.807) is 12.1 Å². The Morgan fingerprint density at radius 3 is 2.58 bits per heavy atom. The van der Waals surface area contributed by atoms with Crippen molar-refractivity contribution in [2.24, 2.45) is 0 Å². The van der Waals surface area contributed by atoms with Crippen molar-refractivity contribution >= 4 is 22.8 Å². The van der Waals surface area contributed by atoms with Gasteiger partial charge in [0.2, 0.25) is 0 Å². The molecule has 0 aliphatic carbocycles. The SMILES string of the molecule is FC(F)(F)c1ccccc1CN1CC=Cc2c1[nH]c1ccccc21. The highest BCUT2D eigenvalue weighted by molar-refractivity contribution is 5.96. The van der Waals surface area contributed by atoms with Gasteiger partial charge >= 0.3 is 6.18 Å². The molecule has 0 unspecified atom stereocenters. The summed E-state index contributed by atoms with van der Waals surface area (Å²) >= 11 is 0. The number of halogens is 3. The smallest absolute Gasteiger partial charge is 0.350 e. The van der Waals surface area contributed by atoms with Crippen molar-refractivity contribution in [1.82, 2.24) is 4.98 Å². The van der Waals surface area contributed by atoms with E-state index in [1.165, 1.54) is 6.07 Å². The highest BCUT2D eigenvalue weighted by Gasteiger charge is 2.33. The lowest BCUT2D eigenvalue weighted by atomic mass is 10.0. The average Bonchev–Trinajstić information content (AvgIpc) is 2.94. The number of para-hydroxylation sites is 1. The Bertz CT molecular complexity index is 922. The fourth-order valence-electron chi connectivity index (χ4n) is 3.24. The fourth-order valence-corrected chi connectivity index (χ4v) is 3.24. The predicted molar refractivity (Wildman–Crippen MR) is 89.8 cm³/mol. The van der Waals surface area contributed by atoms with E-state index >= 15 is 0 Å². The number of aromatic amines is 1. The minimum atomic E-state index is -4.34. The number of nitrogens with zero attached hydrogens (tertiary/aromatic N) is 1. The van der Waals surface area contributed by atoms with Gasteiger partial charge in [0.25, 0.3) is 0 Å². The van der Waals surface area contributed by atoms with Crippen molar-refractivity contribution in [2.75, 3.05) is 11.4 Å². The monoisotopic (exact) mass is 328 g/mol. The van der Waals surface area contributed by atoms with E-state index in [2.05, 4.69) is 4.98 Å². The van der Waals surface area contributed by atoms with Gasteiger partial charge in [0.05, 0.1) is 5.56 Å². The van der Waals surface area contributed by atoms with Crippen LogP contribution in [0.15, 0.2) is 54.6 Å². The number of anilines is 1. The lowest BCUT2D eigenvalue weighted by Crippen LogP contribution is -2.27. The van der Waals surface area contributed by atoms with Crippen molar-refractivity contribution in [1.29, 1.82) is 0 Å². The maximum Gasteiger partial charge on any atom is 0.416 e. The molecule has 24 heavy (non-hydrogen) atoms. The molecule has 1 aromatic heterocycles. The van der Waals surface area contributed by atoms with Crippen LogP contribution in [0.3, 0.4) is 0 Å². The molecule has 1 aliphatic rings. The number of hydrogen-bond donors (Lipinski definition) is 1. The summed E-state index contributed by atoms with van der Waals surface area (Å²) in [5, 5.41) is 1.08. The molecule has 2 aromatic carbocycles. The Balaban J connectivity index is 1.75. The molecule has 1 N–H and O–H groups in total. The van der Waals surface area contributed by atoms with Gasteiger partial charge in [-0.2, -0.15) is 13.2 Å². The fraction of sp³-hybridized carbons (Fsp3) is 0.158. The summed E-state index contributed by atoms with van der Waals surface area (Å²) in [6.07, 6.45) is -0.329. The van der Waals surface area contributed by atoms with Crippen molar-refractivity contribution in [2.45, 2.75) is 12.7 Å². The van der Waals surface area contributed by atoms with Crippen LogP contribution in [0.5, 0.6) is 0 Å². The molecule has 0 atom stereocenters. The van der Waals surface area contributed by atoms with E-state index in [0.29, 0.717) is 6.54 Å². The lowest BCUT2D eigenvalue weighted by Gasteiger charge is -2.27. The van der Waals surface area contributed by atoms with Crippen molar-refractivity contribution in [3.63, 3.8) is 0 Å². The van der Waals surface area contributed by atoms with Gasteiger partial charge < -0.3 is 9.88 Å². The van der Waals surface area contributed by atoms with Crippen LogP contribution >= 0.6 is 0 Å². The quantitative estimate of drug-likeness (QED) is 0.683. The maximum absolute atomic E-state index is 13.2. The normalized spacial score (nSPS) is 14.2. The second kappa shape index (κ2) is 5.44. The molecule has 2 nitrogen and oxygen atoms in total. The summed E-state index contributed by atoms with van der Waals surface area (Å²) in [6, 6.07) is 13.7. The number of aromatic nitrogens is 1. The molecule has 0 radical (unpaired) electrons. The Labute approximate surface area is 137 Å². The first-order valence-electron chi connectivity index (χ1n) is 7.71. The second-order valence-corrected chi connectivity index (χ2v) is 5.87. The van der Waals surface area contributed by atoms with Gasteiger partial charge in [-0.3, -0.25) is 0 Å². The van der Waals surface area contributed by atoms with Crippen LogP contribution in [0, 0.1) is 0 Å². The molecule has 1 aliphatic heterocycles. The third kappa shape index (κ3) is 2.46. The maximum atomic E-state index is 13.2. The highest BCUT2D eigenvalue weighted by Crippen LogP contribution is 2.36. The zero-order chi connectivity index (χ0) is 16.7. The minimum Gasteiger partial charge on any atom is -0.350 e. The molecular weight excluding hydrogens is 313 g/mol. The van der Waals surface area contributed by atoms with E-state index in [0.717, 1.165) is 28.4 Å². The van der Waals surface area contributed by atoms with Crippen LogP contribution in [-0.4, -0.2) is 11.5 Å². The Morgan fingerprint density at radius 2 is 1.75 bits per heavy atom. The van der Waals surface area contributed by atoms with Crippen LogP contribution in [0.25, 0.3) is 17.0 Å². The second-order valence-electron chi connectivity index (χ2n) is 5.87. The molecule has 0 saturated heterocycles. The summed E-state index contributed by atoms with van der Waals surface area (Å²) in [6.45, 7) is 0.784. The minimum absolute atomic E-state index is 0.208. The number of rotatable bonds is 2. The third-order valence-corrected chi connectivity index (χ3v) is 4.34. The molecule has 0 amide bonds. The molecule has 0 bridgehead atoms. The van der Waals surface area contributed by atoms with Crippen molar-refractivity contribution < 1.29 is 13.2 Å². The van der Waals surface area contributed by atoms with E-state index in [-0.39, 0.29) is 12.1 Å². The summed E-state index contributed by atoms with van der Waals surface area (Å²) in [7, 11) is 0. The molecule has 4 rings (SSSR count). The molecular formula is C19H15F3N2. The lowest BCUT2D eigenvalue weighted by molar-refractivity contribution is -0.138. The Morgan fingerprint density at radius 1 is 1.00 bits per heavy atom. The van der Waals surface area contributed by atoms with E-state index in [9.17, 15) is 13.2 Å². The van der Waals surface area contributed by atoms with Crippen LogP contribution in [-0.2, 0) is 12.7 Å². The number of fused-ring (bicyclic) bond motifs is 3. The molecule has 0 saturated carbocycles. The van der Waals surface area contributed by atoms with Crippen molar-refractivity contribution in [3.8, 4) is 0 Å². The summed E-state index contributed by atoms with van der Waals surface area (Å²) in [5.74, 6) is 0.871. The first-order chi connectivity index (χ1) is 11.5. The molecule has 122 valence electrons. The van der Waals surface area contributed by atoms with Crippen LogP contribution in [0.4, 0.5) is 19.0 Å². The topological polar surface area (TPSA) is 19.0 Å². The molecule has 0 spiro atoms. The number of alkyl halides is 3. The average molecular weight is 328 g/mol. The van der Waals surface area contributed by atoms with Gasteiger partial charge in [-0.1, -0.05) is 48.6 Å². The highest BCUT2D eigenvalue weighted by atomic mass is 19.4. The summed E-state index contributed by atoms with van der Waals surface area (Å²) < 4.78 is 39.7. The van der Waals surface area contributed by atoms with Gasteiger partial charge in [0, 0.05) is 29.6 Å². The molecule has 5 heteroatoms. The largest absolute Gasteiger partial charge is 0.416 e. The van der Waals surface area contributed by atoms with Crippen molar-refractivity contribution in [3.05, 3.63) is 71.3 Å². The standard InChI is InChI=1S/C19H15F3N2/c20-19(21,22)16-9-3-1-6-13(16)12-24-11-5-8-15-14-7-2-4-10-17(14)23-18(15)24/h1-10,23H,11-12H2. The summed E-state index contributed by atoms with van der Waals surface area (Å²) in [4.78, 5) is 5.28. The van der Waals surface area contributed by atoms with Gasteiger partial charge in [-0.05, 0) is 17.7 Å². The van der Waals surface area contributed by atoms with E-state index in [4.69, 9.17) is 0 Å². The van der Waals surface area contributed by atoms with Gasteiger partial charge in [0.1, 0.15) is 5.82 Å².